The van der Waals surface area contributed by atoms with Crippen LogP contribution in [0.1, 0.15) is 19.8 Å². The molecule has 3 heteroatoms. The first-order valence-corrected chi connectivity index (χ1v) is 4.55. The summed E-state index contributed by atoms with van der Waals surface area (Å²) in [5.74, 6) is 0.319. The highest BCUT2D eigenvalue weighted by Crippen LogP contribution is 2.15. The molecule has 0 aliphatic heterocycles. The molecule has 0 N–H and O–H groups in total. The maximum atomic E-state index is 12.5. The Morgan fingerprint density at radius 3 is 2.57 bits per heavy atom. The van der Waals surface area contributed by atoms with Crippen LogP contribution in [0.4, 0.5) is 4.39 Å². The molecular formula is C11H12FNO. The van der Waals surface area contributed by atoms with E-state index in [0.717, 1.165) is 6.42 Å². The van der Waals surface area contributed by atoms with Crippen molar-refractivity contribution in [2.75, 3.05) is 0 Å². The zero-order valence-corrected chi connectivity index (χ0v) is 8.03. The standard InChI is InChI=1S/C11H12FNO/c1-2-10(7-8-13)14-11-5-3-9(12)4-6-11/h3-6,10H,2,7H2,1H3. The quantitative estimate of drug-likeness (QED) is 0.736. The summed E-state index contributed by atoms with van der Waals surface area (Å²) in [4.78, 5) is 0. The number of hydrogen-bond acceptors (Lipinski definition) is 2. The SMILES string of the molecule is CCC(CC#N)Oc1ccc(F)cc1. The molecule has 0 amide bonds. The van der Waals surface area contributed by atoms with Crippen LogP contribution in [0.2, 0.25) is 0 Å². The average Bonchev–Trinajstić information content (AvgIpc) is 2.20. The zero-order valence-electron chi connectivity index (χ0n) is 8.03. The first-order chi connectivity index (χ1) is 6.76. The number of hydrogen-bond donors (Lipinski definition) is 0. The predicted octanol–water partition coefficient (Wildman–Crippen LogP) is 2.90. The van der Waals surface area contributed by atoms with Gasteiger partial charge in [-0.1, -0.05) is 6.92 Å². The van der Waals surface area contributed by atoms with Gasteiger partial charge in [0.15, 0.2) is 0 Å². The van der Waals surface area contributed by atoms with E-state index in [4.69, 9.17) is 10.00 Å². The van der Waals surface area contributed by atoms with Crippen LogP contribution in [0.25, 0.3) is 0 Å². The smallest absolute Gasteiger partial charge is 0.123 e. The van der Waals surface area contributed by atoms with E-state index in [1.165, 1.54) is 12.1 Å². The van der Waals surface area contributed by atoms with Gasteiger partial charge in [-0.3, -0.25) is 0 Å². The summed E-state index contributed by atoms with van der Waals surface area (Å²) in [6, 6.07) is 7.86. The molecule has 0 aliphatic rings. The van der Waals surface area contributed by atoms with E-state index in [-0.39, 0.29) is 11.9 Å². The average molecular weight is 193 g/mol. The molecule has 14 heavy (non-hydrogen) atoms. The third-order valence-electron chi connectivity index (χ3n) is 1.89. The Kier molecular flexibility index (Phi) is 3.93. The molecular weight excluding hydrogens is 181 g/mol. The van der Waals surface area contributed by atoms with E-state index in [9.17, 15) is 4.39 Å². The normalized spacial score (nSPS) is 11.8. The van der Waals surface area contributed by atoms with Gasteiger partial charge in [0.1, 0.15) is 17.7 Å². The van der Waals surface area contributed by atoms with Crippen molar-refractivity contribution in [3.8, 4) is 11.8 Å². The third kappa shape index (κ3) is 3.06. The second-order valence-electron chi connectivity index (χ2n) is 2.96. The maximum Gasteiger partial charge on any atom is 0.123 e. The first kappa shape index (κ1) is 10.5. The van der Waals surface area contributed by atoms with E-state index in [1.54, 1.807) is 12.1 Å². The molecule has 1 rings (SSSR count). The van der Waals surface area contributed by atoms with Crippen molar-refractivity contribution >= 4 is 0 Å². The fraction of sp³-hybridized carbons (Fsp3) is 0.364. The van der Waals surface area contributed by atoms with Crippen LogP contribution in [0, 0.1) is 17.1 Å². The Morgan fingerprint density at radius 2 is 2.07 bits per heavy atom. The summed E-state index contributed by atoms with van der Waals surface area (Å²) in [5.41, 5.74) is 0. The van der Waals surface area contributed by atoms with Gasteiger partial charge in [-0.2, -0.15) is 5.26 Å². The molecule has 0 saturated heterocycles. The lowest BCUT2D eigenvalue weighted by atomic mass is 10.2. The third-order valence-corrected chi connectivity index (χ3v) is 1.89. The predicted molar refractivity (Wildman–Crippen MR) is 51.3 cm³/mol. The van der Waals surface area contributed by atoms with E-state index in [2.05, 4.69) is 6.07 Å². The van der Waals surface area contributed by atoms with E-state index >= 15 is 0 Å². The fourth-order valence-corrected chi connectivity index (χ4v) is 1.08. The monoisotopic (exact) mass is 193 g/mol. The highest BCUT2D eigenvalue weighted by atomic mass is 19.1. The van der Waals surface area contributed by atoms with Crippen molar-refractivity contribution in [2.45, 2.75) is 25.9 Å². The first-order valence-electron chi connectivity index (χ1n) is 4.55. The minimum absolute atomic E-state index is 0.106. The largest absolute Gasteiger partial charge is 0.489 e. The molecule has 1 atom stereocenters. The van der Waals surface area contributed by atoms with Crippen LogP contribution in [0.3, 0.4) is 0 Å². The van der Waals surface area contributed by atoms with Gasteiger partial charge in [-0.05, 0) is 30.7 Å². The van der Waals surface area contributed by atoms with Crippen molar-refractivity contribution in [3.05, 3.63) is 30.1 Å². The molecule has 0 saturated carbocycles. The second kappa shape index (κ2) is 5.23. The van der Waals surface area contributed by atoms with Crippen LogP contribution in [0.15, 0.2) is 24.3 Å². The topological polar surface area (TPSA) is 33.0 Å². The molecule has 0 aliphatic carbocycles. The van der Waals surface area contributed by atoms with Crippen molar-refractivity contribution in [1.29, 1.82) is 5.26 Å². The molecule has 1 aromatic rings. The summed E-state index contributed by atoms with van der Waals surface area (Å²) < 4.78 is 18.0. The number of nitrogens with zero attached hydrogens (tertiary/aromatic N) is 1. The van der Waals surface area contributed by atoms with Crippen LogP contribution in [-0.2, 0) is 0 Å². The lowest BCUT2D eigenvalue weighted by Gasteiger charge is -2.13. The molecule has 0 bridgehead atoms. The van der Waals surface area contributed by atoms with Crippen LogP contribution in [0.5, 0.6) is 5.75 Å². The Morgan fingerprint density at radius 1 is 1.43 bits per heavy atom. The van der Waals surface area contributed by atoms with Crippen molar-refractivity contribution in [2.24, 2.45) is 0 Å². The highest BCUT2D eigenvalue weighted by molar-refractivity contribution is 5.22. The summed E-state index contributed by atoms with van der Waals surface area (Å²) in [7, 11) is 0. The number of rotatable bonds is 4. The Balaban J connectivity index is 2.59. The number of ether oxygens (including phenoxy) is 1. The fourth-order valence-electron chi connectivity index (χ4n) is 1.08. The molecule has 1 aromatic carbocycles. The highest BCUT2D eigenvalue weighted by Gasteiger charge is 2.06. The molecule has 1 unspecified atom stereocenters. The van der Waals surface area contributed by atoms with Gasteiger partial charge >= 0.3 is 0 Å². The van der Waals surface area contributed by atoms with Crippen molar-refractivity contribution < 1.29 is 9.13 Å². The molecule has 0 radical (unpaired) electrons. The molecule has 2 nitrogen and oxygen atoms in total. The Labute approximate surface area is 82.9 Å². The lowest BCUT2D eigenvalue weighted by Crippen LogP contribution is -2.14. The van der Waals surface area contributed by atoms with Gasteiger partial charge in [-0.15, -0.1) is 0 Å². The summed E-state index contributed by atoms with van der Waals surface area (Å²) in [6.45, 7) is 1.95. The zero-order chi connectivity index (χ0) is 10.4. The van der Waals surface area contributed by atoms with Crippen molar-refractivity contribution in [1.82, 2.24) is 0 Å². The Hall–Kier alpha value is -1.56. The van der Waals surface area contributed by atoms with Gasteiger partial charge in [0.25, 0.3) is 0 Å². The van der Waals surface area contributed by atoms with Crippen LogP contribution < -0.4 is 4.74 Å². The van der Waals surface area contributed by atoms with Gasteiger partial charge in [0.05, 0.1) is 12.5 Å². The van der Waals surface area contributed by atoms with Crippen molar-refractivity contribution in [3.63, 3.8) is 0 Å². The van der Waals surface area contributed by atoms with Gasteiger partial charge in [0.2, 0.25) is 0 Å². The van der Waals surface area contributed by atoms with E-state index in [0.29, 0.717) is 12.2 Å². The summed E-state index contributed by atoms with van der Waals surface area (Å²) in [6.07, 6.45) is 1.02. The Bertz CT molecular complexity index is 315. The molecule has 0 spiro atoms. The minimum Gasteiger partial charge on any atom is -0.489 e. The van der Waals surface area contributed by atoms with E-state index < -0.39 is 0 Å². The number of nitriles is 1. The van der Waals surface area contributed by atoms with E-state index in [1.807, 2.05) is 6.92 Å². The molecule has 74 valence electrons. The van der Waals surface area contributed by atoms with Crippen LogP contribution >= 0.6 is 0 Å². The molecule has 0 aromatic heterocycles. The number of benzene rings is 1. The van der Waals surface area contributed by atoms with Gasteiger partial charge in [0, 0.05) is 0 Å². The summed E-state index contributed by atoms with van der Waals surface area (Å²) >= 11 is 0. The lowest BCUT2D eigenvalue weighted by molar-refractivity contribution is 0.202. The van der Waals surface area contributed by atoms with Gasteiger partial charge in [-0.25, -0.2) is 4.39 Å². The number of halogens is 1. The van der Waals surface area contributed by atoms with Gasteiger partial charge < -0.3 is 4.74 Å². The van der Waals surface area contributed by atoms with Crippen LogP contribution in [-0.4, -0.2) is 6.10 Å². The molecule has 0 heterocycles. The maximum absolute atomic E-state index is 12.5. The summed E-state index contributed by atoms with van der Waals surface area (Å²) in [5, 5.41) is 8.50. The second-order valence-corrected chi connectivity index (χ2v) is 2.96. The minimum atomic E-state index is -0.286. The molecule has 0 fully saturated rings.